The van der Waals surface area contributed by atoms with Crippen LogP contribution in [0, 0.1) is 17.8 Å². The Hall–Kier alpha value is -1.94. The molecule has 0 aromatic rings. The van der Waals surface area contributed by atoms with Gasteiger partial charge in [-0.1, -0.05) is 273 Å². The molecule has 0 amide bonds. The molecule has 85 heavy (non-hydrogen) atoms. The van der Waals surface area contributed by atoms with Crippen LogP contribution >= 0.6 is 15.6 Å². The first-order valence-electron chi connectivity index (χ1n) is 34.3. The largest absolute Gasteiger partial charge is 0.472 e. The van der Waals surface area contributed by atoms with Gasteiger partial charge in [-0.2, -0.15) is 0 Å². The first-order chi connectivity index (χ1) is 40.7. The Morgan fingerprint density at radius 2 is 0.541 bits per heavy atom. The van der Waals surface area contributed by atoms with Crippen LogP contribution in [-0.4, -0.2) is 96.7 Å². The summed E-state index contributed by atoms with van der Waals surface area (Å²) in [5.41, 5.74) is 0. The van der Waals surface area contributed by atoms with Crippen molar-refractivity contribution < 1.29 is 80.2 Å². The third-order valence-electron chi connectivity index (χ3n) is 15.1. The van der Waals surface area contributed by atoms with Gasteiger partial charge in [0.25, 0.3) is 0 Å². The number of carbonyl (C=O) groups is 4. The van der Waals surface area contributed by atoms with E-state index in [2.05, 4.69) is 48.5 Å². The Balaban J connectivity index is 5.16. The number of phosphoric acid groups is 2. The van der Waals surface area contributed by atoms with Crippen molar-refractivity contribution in [2.75, 3.05) is 39.6 Å². The molecule has 19 heteroatoms. The van der Waals surface area contributed by atoms with Crippen LogP contribution in [0.3, 0.4) is 0 Å². The van der Waals surface area contributed by atoms with Crippen molar-refractivity contribution in [2.24, 2.45) is 17.8 Å². The summed E-state index contributed by atoms with van der Waals surface area (Å²) in [5.74, 6) is 0.0892. The predicted octanol–water partition coefficient (Wildman–Crippen LogP) is 18.3. The molecule has 0 aromatic carbocycles. The van der Waals surface area contributed by atoms with Crippen molar-refractivity contribution in [1.29, 1.82) is 0 Å². The van der Waals surface area contributed by atoms with Crippen molar-refractivity contribution >= 4 is 39.5 Å². The third kappa shape index (κ3) is 60.7. The maximum absolute atomic E-state index is 13.0. The average molecular weight is 1260 g/mol. The van der Waals surface area contributed by atoms with Crippen LogP contribution in [0.25, 0.3) is 0 Å². The molecule has 0 heterocycles. The van der Waals surface area contributed by atoms with E-state index >= 15 is 0 Å². The fourth-order valence-corrected chi connectivity index (χ4v) is 11.4. The number of aliphatic hydroxyl groups excluding tert-OH is 1. The molecule has 0 aliphatic heterocycles. The molecule has 504 valence electrons. The lowest BCUT2D eigenvalue weighted by atomic mass is 10.0. The lowest BCUT2D eigenvalue weighted by Gasteiger charge is -2.21. The van der Waals surface area contributed by atoms with Crippen LogP contribution < -0.4 is 0 Å². The summed E-state index contributed by atoms with van der Waals surface area (Å²) in [7, 11) is -9.88. The smallest absolute Gasteiger partial charge is 0.462 e. The van der Waals surface area contributed by atoms with Crippen LogP contribution in [0.2, 0.25) is 0 Å². The van der Waals surface area contributed by atoms with Crippen molar-refractivity contribution in [2.45, 2.75) is 343 Å². The molecule has 0 radical (unpaired) electrons. The lowest BCUT2D eigenvalue weighted by Crippen LogP contribution is -2.30. The SMILES string of the molecule is CCCCCCCC(=O)OC[C@H](COP(=O)(O)OC[C@H](O)COP(=O)(O)OC[C@@H](COC(=O)CCCCCCCCCCCCCC(C)C)OC(=O)CCCCCCCCCCCCCCCCC(C)C)OC(=O)CCCCCCCCC(C)C. The van der Waals surface area contributed by atoms with Crippen molar-refractivity contribution in [3.05, 3.63) is 0 Å². The zero-order chi connectivity index (χ0) is 63.1. The number of hydrogen-bond donors (Lipinski definition) is 3. The van der Waals surface area contributed by atoms with E-state index in [0.717, 1.165) is 108 Å². The number of aliphatic hydroxyl groups is 1. The van der Waals surface area contributed by atoms with Crippen molar-refractivity contribution in [1.82, 2.24) is 0 Å². The maximum atomic E-state index is 13.0. The van der Waals surface area contributed by atoms with Crippen LogP contribution in [0.15, 0.2) is 0 Å². The summed E-state index contributed by atoms with van der Waals surface area (Å²) in [6.07, 6.45) is 39.5. The number of carbonyl (C=O) groups excluding carboxylic acids is 4. The van der Waals surface area contributed by atoms with E-state index in [4.69, 9.17) is 37.0 Å². The first kappa shape index (κ1) is 83.1. The molecule has 17 nitrogen and oxygen atoms in total. The highest BCUT2D eigenvalue weighted by Gasteiger charge is 2.30. The average Bonchev–Trinajstić information content (AvgIpc) is 3.56. The summed E-state index contributed by atoms with van der Waals surface area (Å²) in [6.45, 7) is 11.7. The highest BCUT2D eigenvalue weighted by molar-refractivity contribution is 7.47. The van der Waals surface area contributed by atoms with E-state index in [1.165, 1.54) is 128 Å². The molecule has 0 aromatic heterocycles. The molecule has 3 N–H and O–H groups in total. The second kappa shape index (κ2) is 57.2. The van der Waals surface area contributed by atoms with Crippen LogP contribution in [-0.2, 0) is 65.4 Å². The monoisotopic (exact) mass is 1250 g/mol. The van der Waals surface area contributed by atoms with Gasteiger partial charge in [0.1, 0.15) is 19.3 Å². The zero-order valence-electron chi connectivity index (χ0n) is 55.1. The normalized spacial score (nSPS) is 14.3. The van der Waals surface area contributed by atoms with Crippen LogP contribution in [0.5, 0.6) is 0 Å². The van der Waals surface area contributed by atoms with E-state index in [1.54, 1.807) is 0 Å². The Kier molecular flexibility index (Phi) is 55.9. The Labute approximate surface area is 517 Å². The number of rotatable bonds is 64. The van der Waals surface area contributed by atoms with E-state index < -0.39 is 97.5 Å². The van der Waals surface area contributed by atoms with Gasteiger partial charge in [0.2, 0.25) is 0 Å². The zero-order valence-corrected chi connectivity index (χ0v) is 56.9. The number of hydrogen-bond acceptors (Lipinski definition) is 15. The summed E-state index contributed by atoms with van der Waals surface area (Å²) in [4.78, 5) is 72.0. The molecular formula is C66H128O17P2. The summed E-state index contributed by atoms with van der Waals surface area (Å²) < 4.78 is 67.9. The molecule has 2 unspecified atom stereocenters. The van der Waals surface area contributed by atoms with E-state index in [1.807, 2.05) is 0 Å². The maximum Gasteiger partial charge on any atom is 0.472 e. The van der Waals surface area contributed by atoms with Gasteiger partial charge in [0.15, 0.2) is 12.2 Å². The molecule has 0 saturated heterocycles. The minimum atomic E-state index is -4.95. The van der Waals surface area contributed by atoms with Gasteiger partial charge in [-0.25, -0.2) is 9.13 Å². The second-order valence-corrected chi connectivity index (χ2v) is 28.2. The molecule has 0 aliphatic carbocycles. The Morgan fingerprint density at radius 1 is 0.318 bits per heavy atom. The summed E-state index contributed by atoms with van der Waals surface area (Å²) >= 11 is 0. The molecule has 0 rings (SSSR count). The van der Waals surface area contributed by atoms with Crippen LogP contribution in [0.4, 0.5) is 0 Å². The number of unbranched alkanes of at least 4 members (excludes halogenated alkanes) is 32. The van der Waals surface area contributed by atoms with Gasteiger partial charge < -0.3 is 33.8 Å². The number of phosphoric ester groups is 2. The van der Waals surface area contributed by atoms with Gasteiger partial charge in [-0.05, 0) is 43.4 Å². The molecule has 0 bridgehead atoms. The minimum Gasteiger partial charge on any atom is -0.462 e. The number of ether oxygens (including phenoxy) is 4. The minimum absolute atomic E-state index is 0.101. The second-order valence-electron chi connectivity index (χ2n) is 25.3. The Bertz CT molecular complexity index is 1680. The third-order valence-corrected chi connectivity index (χ3v) is 17.0. The standard InChI is InChI=1S/C66H128O17P2/c1-8-9-10-30-40-47-63(68)76-53-61(83-66(71)50-43-36-29-28-33-39-46-59(6)7)55-80-84(72,73)78-51-60(67)52-79-85(74,75)81-56-62(54-77-64(69)48-41-34-26-22-19-15-17-21-25-32-38-45-58(4)5)82-65(70)49-42-35-27-23-18-14-12-11-13-16-20-24-31-37-44-57(2)3/h57-62,67H,8-56H2,1-7H3,(H,72,73)(H,74,75)/t60-,61+,62+/m0/s1. The van der Waals surface area contributed by atoms with E-state index in [9.17, 15) is 43.2 Å². The molecule has 0 spiro atoms. The fraction of sp³-hybridized carbons (Fsp3) is 0.939. The van der Waals surface area contributed by atoms with Gasteiger partial charge in [-0.15, -0.1) is 0 Å². The lowest BCUT2D eigenvalue weighted by molar-refractivity contribution is -0.161. The van der Waals surface area contributed by atoms with Gasteiger partial charge >= 0.3 is 39.5 Å². The topological polar surface area (TPSA) is 237 Å². The highest BCUT2D eigenvalue weighted by atomic mass is 31.2. The molecule has 0 saturated carbocycles. The fourth-order valence-electron chi connectivity index (χ4n) is 9.83. The first-order valence-corrected chi connectivity index (χ1v) is 37.3. The predicted molar refractivity (Wildman–Crippen MR) is 340 cm³/mol. The van der Waals surface area contributed by atoms with E-state index in [0.29, 0.717) is 31.6 Å². The van der Waals surface area contributed by atoms with Gasteiger partial charge in [-0.3, -0.25) is 37.3 Å². The molecule has 5 atom stereocenters. The van der Waals surface area contributed by atoms with Gasteiger partial charge in [0.05, 0.1) is 26.4 Å². The Morgan fingerprint density at radius 3 is 0.800 bits per heavy atom. The van der Waals surface area contributed by atoms with Gasteiger partial charge in [0, 0.05) is 25.7 Å². The molecule has 0 aliphatic rings. The van der Waals surface area contributed by atoms with Crippen molar-refractivity contribution in [3.63, 3.8) is 0 Å². The highest BCUT2D eigenvalue weighted by Crippen LogP contribution is 2.45. The number of esters is 4. The summed E-state index contributed by atoms with van der Waals surface area (Å²) in [6, 6.07) is 0. The van der Waals surface area contributed by atoms with Crippen LogP contribution in [0.1, 0.15) is 325 Å². The van der Waals surface area contributed by atoms with E-state index in [-0.39, 0.29) is 25.7 Å². The molecular weight excluding hydrogens is 1130 g/mol. The molecule has 0 fully saturated rings. The summed E-state index contributed by atoms with van der Waals surface area (Å²) in [5, 5.41) is 10.5. The van der Waals surface area contributed by atoms with Crippen molar-refractivity contribution in [3.8, 4) is 0 Å². The quantitative estimate of drug-likeness (QED) is 0.0222.